The van der Waals surface area contributed by atoms with Gasteiger partial charge in [0.2, 0.25) is 6.10 Å². The van der Waals surface area contributed by atoms with Crippen LogP contribution in [0.5, 0.6) is 11.5 Å². The topological polar surface area (TPSA) is 91.3 Å². The Morgan fingerprint density at radius 3 is 2.37 bits per heavy atom. The first kappa shape index (κ1) is 37.2. The van der Waals surface area contributed by atoms with E-state index in [4.69, 9.17) is 18.9 Å². The van der Waals surface area contributed by atoms with Crippen LogP contribution in [0, 0.1) is 5.92 Å². The zero-order chi connectivity index (χ0) is 35.7. The van der Waals surface area contributed by atoms with E-state index in [9.17, 15) is 14.7 Å². The molecule has 276 valence electrons. The molecule has 7 nitrogen and oxygen atoms in total. The zero-order valence-corrected chi connectivity index (χ0v) is 30.8. The van der Waals surface area contributed by atoms with Gasteiger partial charge in [-0.3, -0.25) is 4.79 Å². The van der Waals surface area contributed by atoms with E-state index in [0.29, 0.717) is 29.2 Å². The van der Waals surface area contributed by atoms with E-state index < -0.39 is 35.2 Å². The molecule has 1 heterocycles. The molecule has 0 saturated heterocycles. The van der Waals surface area contributed by atoms with Crippen molar-refractivity contribution < 1.29 is 33.6 Å². The molecule has 2 aromatic carbocycles. The summed E-state index contributed by atoms with van der Waals surface area (Å²) >= 11 is 0. The molecule has 1 spiro atoms. The third-order valence-electron chi connectivity index (χ3n) is 11.9. The highest BCUT2D eigenvalue weighted by molar-refractivity contribution is 5.82. The van der Waals surface area contributed by atoms with Gasteiger partial charge in [-0.05, 0) is 81.4 Å². The first-order valence-electron chi connectivity index (χ1n) is 19.8. The van der Waals surface area contributed by atoms with E-state index in [1.54, 1.807) is 19.2 Å². The number of carbonyl (C=O) groups is 2. The molecule has 0 unspecified atom stereocenters. The van der Waals surface area contributed by atoms with Crippen LogP contribution in [0.2, 0.25) is 0 Å². The number of ether oxygens (including phenoxy) is 4. The van der Waals surface area contributed by atoms with Crippen molar-refractivity contribution >= 4 is 11.9 Å². The SMILES string of the molecule is CCCCCCCC/C=C\CCCCCCCC(=O)O[C@H](C(=O)OC1=CC[C@]2(O)[C@H]3CCC[C@]24c2c(ccc(OC)c2O[C@H]14)C3)c1ccccc1. The molecule has 0 amide bonds. The van der Waals surface area contributed by atoms with E-state index in [-0.39, 0.29) is 12.3 Å². The Morgan fingerprint density at radius 2 is 1.65 bits per heavy atom. The summed E-state index contributed by atoms with van der Waals surface area (Å²) in [5.74, 6) is 0.625. The Balaban J connectivity index is 1.02. The van der Waals surface area contributed by atoms with Gasteiger partial charge in [0.15, 0.2) is 17.6 Å². The third-order valence-corrected chi connectivity index (χ3v) is 11.9. The zero-order valence-electron chi connectivity index (χ0n) is 30.8. The number of carbonyl (C=O) groups excluding carboxylic acids is 2. The highest BCUT2D eigenvalue weighted by atomic mass is 16.6. The smallest absolute Gasteiger partial charge is 0.357 e. The lowest BCUT2D eigenvalue weighted by atomic mass is 9.47. The minimum atomic E-state index is -1.21. The van der Waals surface area contributed by atoms with Crippen LogP contribution in [0.3, 0.4) is 0 Å². The fourth-order valence-electron chi connectivity index (χ4n) is 9.26. The minimum Gasteiger partial charge on any atom is -0.493 e. The van der Waals surface area contributed by atoms with E-state index in [1.807, 2.05) is 30.3 Å². The van der Waals surface area contributed by atoms with Crippen molar-refractivity contribution in [3.8, 4) is 11.5 Å². The molecule has 1 aliphatic heterocycles. The molecule has 6 rings (SSSR count). The Morgan fingerprint density at radius 1 is 0.941 bits per heavy atom. The van der Waals surface area contributed by atoms with Gasteiger partial charge < -0.3 is 24.1 Å². The molecule has 5 atom stereocenters. The minimum absolute atomic E-state index is 0.0901. The first-order valence-corrected chi connectivity index (χ1v) is 19.8. The number of unbranched alkanes of at least 4 members (excludes halogenated alkanes) is 11. The maximum atomic E-state index is 14.0. The van der Waals surface area contributed by atoms with Crippen LogP contribution in [-0.2, 0) is 30.9 Å². The largest absolute Gasteiger partial charge is 0.493 e. The van der Waals surface area contributed by atoms with Gasteiger partial charge in [-0.1, -0.05) is 113 Å². The first-order chi connectivity index (χ1) is 24.9. The lowest BCUT2D eigenvalue weighted by Crippen LogP contribution is -2.67. The fourth-order valence-corrected chi connectivity index (χ4v) is 9.26. The molecule has 1 fully saturated rings. The number of allylic oxidation sites excluding steroid dienone is 2. The number of methoxy groups -OCH3 is 1. The van der Waals surface area contributed by atoms with Gasteiger partial charge in [0.1, 0.15) is 5.76 Å². The molecule has 2 aromatic rings. The quantitative estimate of drug-likeness (QED) is 0.0836. The van der Waals surface area contributed by atoms with Crippen LogP contribution in [0.1, 0.15) is 145 Å². The summed E-state index contributed by atoms with van der Waals surface area (Å²) < 4.78 is 24.4. The maximum absolute atomic E-state index is 14.0. The molecule has 3 aliphatic carbocycles. The Bertz CT molecular complexity index is 1550. The molecule has 0 aromatic heterocycles. The van der Waals surface area contributed by atoms with Crippen molar-refractivity contribution in [2.24, 2.45) is 5.92 Å². The molecule has 2 bridgehead atoms. The molecule has 0 radical (unpaired) electrons. The third kappa shape index (κ3) is 7.79. The fraction of sp³-hybridized carbons (Fsp3) is 0.591. The van der Waals surface area contributed by atoms with Crippen molar-refractivity contribution in [1.29, 1.82) is 0 Å². The van der Waals surface area contributed by atoms with Crippen LogP contribution in [0.15, 0.2) is 66.5 Å². The standard InChI is InChI=1S/C44H58O7/c1-3-4-5-6-7-8-9-10-11-12-13-14-15-16-20-25-37(45)50-39(32-22-18-17-19-23-32)42(46)49-36-28-30-44(47)34-24-21-29-43(44)38-33(31-34)26-27-35(48-2)40(38)51-41(36)43/h10-11,17-19,22-23,26-28,34,39,41,47H,3-9,12-16,20-21,24-25,29-31H2,1-2H3/b11-10-/t34-,39-,41+,43+,44-/m0/s1. The number of hydrogen-bond acceptors (Lipinski definition) is 7. The van der Waals surface area contributed by atoms with Gasteiger partial charge in [0, 0.05) is 17.5 Å². The van der Waals surface area contributed by atoms with Gasteiger partial charge in [0.05, 0.1) is 18.1 Å². The van der Waals surface area contributed by atoms with Crippen molar-refractivity contribution in [3.63, 3.8) is 0 Å². The second-order valence-electron chi connectivity index (χ2n) is 15.2. The predicted octanol–water partition coefficient (Wildman–Crippen LogP) is 9.93. The summed E-state index contributed by atoms with van der Waals surface area (Å²) in [5.41, 5.74) is 0.980. The van der Waals surface area contributed by atoms with Crippen LogP contribution >= 0.6 is 0 Å². The van der Waals surface area contributed by atoms with Gasteiger partial charge in [0.25, 0.3) is 0 Å². The Labute approximate surface area is 304 Å². The second kappa shape index (κ2) is 17.3. The highest BCUT2D eigenvalue weighted by Gasteiger charge is 2.71. The Hall–Kier alpha value is -3.58. The number of esters is 2. The molecular formula is C44H58O7. The Kier molecular flexibility index (Phi) is 12.6. The number of hydrogen-bond donors (Lipinski definition) is 1. The van der Waals surface area contributed by atoms with Crippen molar-refractivity contribution in [3.05, 3.63) is 83.1 Å². The van der Waals surface area contributed by atoms with Crippen molar-refractivity contribution in [2.45, 2.75) is 152 Å². The molecule has 7 heteroatoms. The van der Waals surface area contributed by atoms with Gasteiger partial charge in [-0.15, -0.1) is 0 Å². The van der Waals surface area contributed by atoms with E-state index in [1.165, 1.54) is 56.9 Å². The van der Waals surface area contributed by atoms with Crippen LogP contribution < -0.4 is 9.47 Å². The molecular weight excluding hydrogens is 640 g/mol. The van der Waals surface area contributed by atoms with E-state index in [0.717, 1.165) is 63.4 Å². The highest BCUT2D eigenvalue weighted by Crippen LogP contribution is 2.67. The second-order valence-corrected chi connectivity index (χ2v) is 15.2. The van der Waals surface area contributed by atoms with Gasteiger partial charge in [-0.2, -0.15) is 0 Å². The summed E-state index contributed by atoms with van der Waals surface area (Å²) in [6, 6.07) is 13.1. The van der Waals surface area contributed by atoms with Crippen molar-refractivity contribution in [2.75, 3.05) is 7.11 Å². The van der Waals surface area contributed by atoms with Crippen LogP contribution in [-0.4, -0.2) is 35.9 Å². The number of rotatable bonds is 20. The summed E-state index contributed by atoms with van der Waals surface area (Å²) in [4.78, 5) is 27.1. The summed E-state index contributed by atoms with van der Waals surface area (Å²) in [5, 5.41) is 12.4. The van der Waals surface area contributed by atoms with E-state index in [2.05, 4.69) is 25.1 Å². The average molecular weight is 699 g/mol. The van der Waals surface area contributed by atoms with Crippen LogP contribution in [0.25, 0.3) is 0 Å². The summed E-state index contributed by atoms with van der Waals surface area (Å²) in [7, 11) is 1.62. The lowest BCUT2D eigenvalue weighted by Gasteiger charge is -2.59. The van der Waals surface area contributed by atoms with Crippen molar-refractivity contribution in [1.82, 2.24) is 0 Å². The van der Waals surface area contributed by atoms with Crippen LogP contribution in [0.4, 0.5) is 0 Å². The summed E-state index contributed by atoms with van der Waals surface area (Å²) in [6.45, 7) is 2.26. The average Bonchev–Trinajstić information content (AvgIpc) is 3.49. The molecule has 1 saturated carbocycles. The lowest BCUT2D eigenvalue weighted by molar-refractivity contribution is -0.172. The molecule has 4 aliphatic rings. The van der Waals surface area contributed by atoms with Gasteiger partial charge in [-0.25, -0.2) is 4.79 Å². The number of benzene rings is 2. The maximum Gasteiger partial charge on any atom is 0.357 e. The van der Waals surface area contributed by atoms with E-state index >= 15 is 0 Å². The molecule has 51 heavy (non-hydrogen) atoms. The normalized spacial score (nSPS) is 24.7. The predicted molar refractivity (Wildman–Crippen MR) is 199 cm³/mol. The number of aliphatic hydroxyl groups is 1. The monoisotopic (exact) mass is 698 g/mol. The molecule has 1 N–H and O–H groups in total. The van der Waals surface area contributed by atoms with Gasteiger partial charge >= 0.3 is 11.9 Å². The summed E-state index contributed by atoms with van der Waals surface area (Å²) in [6.07, 6.45) is 24.0.